The van der Waals surface area contributed by atoms with Gasteiger partial charge in [-0.3, -0.25) is 9.48 Å². The van der Waals surface area contributed by atoms with E-state index >= 15 is 0 Å². The maximum Gasteiger partial charge on any atom is 0.259 e. The second-order valence-electron chi connectivity index (χ2n) is 6.65. The van der Waals surface area contributed by atoms with Gasteiger partial charge in [-0.2, -0.15) is 5.10 Å². The number of rotatable bonds is 5. The van der Waals surface area contributed by atoms with Crippen molar-refractivity contribution in [3.05, 3.63) is 41.9 Å². The molecule has 0 N–H and O–H groups in total. The molecule has 0 spiro atoms. The summed E-state index contributed by atoms with van der Waals surface area (Å²) in [6.45, 7) is 2.47. The van der Waals surface area contributed by atoms with Crippen LogP contribution in [0.3, 0.4) is 0 Å². The lowest BCUT2D eigenvalue weighted by Gasteiger charge is -2.24. The number of aromatic nitrogens is 3. The number of pyridine rings is 1. The number of amides is 1. The van der Waals surface area contributed by atoms with Gasteiger partial charge in [0.2, 0.25) is 5.88 Å². The number of ether oxygens (including phenoxy) is 2. The molecule has 3 heterocycles. The molecule has 0 aromatic carbocycles. The van der Waals surface area contributed by atoms with Gasteiger partial charge in [-0.15, -0.1) is 0 Å². The van der Waals surface area contributed by atoms with Crippen molar-refractivity contribution < 1.29 is 14.3 Å². The molecule has 1 amide bonds. The van der Waals surface area contributed by atoms with E-state index in [4.69, 9.17) is 9.47 Å². The van der Waals surface area contributed by atoms with E-state index in [-0.39, 0.29) is 12.0 Å². The Morgan fingerprint density at radius 1 is 1.28 bits per heavy atom. The normalized spacial score (nSPS) is 20.0. The van der Waals surface area contributed by atoms with Crippen LogP contribution in [-0.2, 0) is 17.8 Å². The van der Waals surface area contributed by atoms with Gasteiger partial charge < -0.3 is 14.4 Å². The van der Waals surface area contributed by atoms with Crippen LogP contribution in [0.15, 0.2) is 30.6 Å². The Morgan fingerprint density at radius 2 is 2.16 bits per heavy atom. The lowest BCUT2D eigenvalue weighted by atomic mass is 10.2. The standard InChI is InChI=1S/C18H22N4O3/c1-24-17-16(3-2-7-19-17)18(23)21-9-14-6-8-20-22(14)11-15(10-21)25-12-13-4-5-13/h2-3,6-8,13,15H,4-5,9-12H2,1H3/t15-/m0/s1. The van der Waals surface area contributed by atoms with Crippen LogP contribution in [0.2, 0.25) is 0 Å². The van der Waals surface area contributed by atoms with Crippen LogP contribution in [0.4, 0.5) is 0 Å². The SMILES string of the molecule is COc1ncccc1C(=O)N1Cc2ccnn2C[C@@H](OCC2CC2)C1. The van der Waals surface area contributed by atoms with Crippen molar-refractivity contribution in [2.45, 2.75) is 32.0 Å². The minimum absolute atomic E-state index is 0.0617. The number of fused-ring (bicyclic) bond motifs is 1. The molecule has 1 atom stereocenters. The molecule has 1 aliphatic carbocycles. The smallest absolute Gasteiger partial charge is 0.259 e. The highest BCUT2D eigenvalue weighted by atomic mass is 16.5. The molecule has 0 unspecified atom stereocenters. The van der Waals surface area contributed by atoms with E-state index in [2.05, 4.69) is 10.1 Å². The minimum atomic E-state index is -0.0976. The maximum absolute atomic E-state index is 13.1. The van der Waals surface area contributed by atoms with Crippen LogP contribution in [0.25, 0.3) is 0 Å². The zero-order valence-corrected chi connectivity index (χ0v) is 14.3. The van der Waals surface area contributed by atoms with Crippen molar-refractivity contribution in [1.29, 1.82) is 0 Å². The molecule has 2 aromatic rings. The van der Waals surface area contributed by atoms with E-state index in [0.29, 0.717) is 37.0 Å². The summed E-state index contributed by atoms with van der Waals surface area (Å²) in [4.78, 5) is 19.0. The highest BCUT2D eigenvalue weighted by Crippen LogP contribution is 2.30. The monoisotopic (exact) mass is 342 g/mol. The second kappa shape index (κ2) is 6.84. The highest BCUT2D eigenvalue weighted by molar-refractivity contribution is 5.96. The van der Waals surface area contributed by atoms with Crippen molar-refractivity contribution in [2.75, 3.05) is 20.3 Å². The zero-order valence-electron chi connectivity index (χ0n) is 14.3. The van der Waals surface area contributed by atoms with Gasteiger partial charge >= 0.3 is 0 Å². The van der Waals surface area contributed by atoms with Crippen molar-refractivity contribution in [1.82, 2.24) is 19.7 Å². The predicted octanol–water partition coefficient (Wildman–Crippen LogP) is 1.74. The van der Waals surface area contributed by atoms with Crippen LogP contribution in [-0.4, -0.2) is 51.9 Å². The Bertz CT molecular complexity index is 756. The van der Waals surface area contributed by atoms with E-state index < -0.39 is 0 Å². The molecule has 2 aliphatic rings. The third-order valence-electron chi connectivity index (χ3n) is 4.70. The number of hydrogen-bond acceptors (Lipinski definition) is 5. The Morgan fingerprint density at radius 3 is 2.96 bits per heavy atom. The van der Waals surface area contributed by atoms with E-state index in [1.165, 1.54) is 20.0 Å². The Kier molecular flexibility index (Phi) is 4.40. The fourth-order valence-electron chi connectivity index (χ4n) is 3.12. The molecule has 0 radical (unpaired) electrons. The Labute approximate surface area is 146 Å². The highest BCUT2D eigenvalue weighted by Gasteiger charge is 2.30. The first kappa shape index (κ1) is 16.1. The number of nitrogens with zero attached hydrogens (tertiary/aromatic N) is 4. The molecular weight excluding hydrogens is 320 g/mol. The summed E-state index contributed by atoms with van der Waals surface area (Å²) in [6, 6.07) is 5.44. The van der Waals surface area contributed by atoms with E-state index in [1.54, 1.807) is 29.4 Å². The van der Waals surface area contributed by atoms with Gasteiger partial charge in [0.05, 0.1) is 32.0 Å². The van der Waals surface area contributed by atoms with E-state index in [0.717, 1.165) is 12.3 Å². The van der Waals surface area contributed by atoms with Crippen LogP contribution in [0.1, 0.15) is 28.9 Å². The van der Waals surface area contributed by atoms with Crippen molar-refractivity contribution >= 4 is 5.91 Å². The molecule has 0 bridgehead atoms. The van der Waals surface area contributed by atoms with Crippen molar-refractivity contribution in [3.63, 3.8) is 0 Å². The summed E-state index contributed by atoms with van der Waals surface area (Å²) in [6.07, 6.45) is 5.82. The summed E-state index contributed by atoms with van der Waals surface area (Å²) in [5.74, 6) is 0.934. The number of carbonyl (C=O) groups is 1. The Hall–Kier alpha value is -2.41. The van der Waals surface area contributed by atoms with E-state index in [9.17, 15) is 4.79 Å². The summed E-state index contributed by atoms with van der Waals surface area (Å²) in [7, 11) is 1.53. The average Bonchev–Trinajstić information content (AvgIpc) is 3.41. The third kappa shape index (κ3) is 3.51. The van der Waals surface area contributed by atoms with Crippen LogP contribution >= 0.6 is 0 Å². The summed E-state index contributed by atoms with van der Waals surface area (Å²) in [5, 5.41) is 4.37. The third-order valence-corrected chi connectivity index (χ3v) is 4.70. The quantitative estimate of drug-likeness (QED) is 0.828. The molecule has 7 nitrogen and oxygen atoms in total. The molecule has 2 aromatic heterocycles. The maximum atomic E-state index is 13.1. The van der Waals surface area contributed by atoms with Gasteiger partial charge in [-0.1, -0.05) is 0 Å². The number of methoxy groups -OCH3 is 1. The van der Waals surface area contributed by atoms with Crippen LogP contribution in [0.5, 0.6) is 5.88 Å². The predicted molar refractivity (Wildman–Crippen MR) is 90.2 cm³/mol. The lowest BCUT2D eigenvalue weighted by molar-refractivity contribution is 0.0135. The minimum Gasteiger partial charge on any atom is -0.480 e. The first-order valence-electron chi connectivity index (χ1n) is 8.65. The molecule has 4 rings (SSSR count). The molecule has 25 heavy (non-hydrogen) atoms. The van der Waals surface area contributed by atoms with Gasteiger partial charge in [-0.05, 0) is 37.0 Å². The van der Waals surface area contributed by atoms with Gasteiger partial charge in [0.15, 0.2) is 0 Å². The molecule has 1 saturated carbocycles. The second-order valence-corrected chi connectivity index (χ2v) is 6.65. The van der Waals surface area contributed by atoms with Gasteiger partial charge in [0.1, 0.15) is 5.56 Å². The fraction of sp³-hybridized carbons (Fsp3) is 0.500. The molecule has 1 fully saturated rings. The number of hydrogen-bond donors (Lipinski definition) is 0. The Balaban J connectivity index is 1.57. The zero-order chi connectivity index (χ0) is 17.2. The van der Waals surface area contributed by atoms with Gasteiger partial charge in [0.25, 0.3) is 5.91 Å². The largest absolute Gasteiger partial charge is 0.480 e. The number of carbonyl (C=O) groups excluding carboxylic acids is 1. The first-order valence-corrected chi connectivity index (χ1v) is 8.65. The van der Waals surface area contributed by atoms with Crippen LogP contribution in [0, 0.1) is 5.92 Å². The van der Waals surface area contributed by atoms with Crippen molar-refractivity contribution in [2.24, 2.45) is 5.92 Å². The summed E-state index contributed by atoms with van der Waals surface area (Å²) < 4.78 is 13.3. The summed E-state index contributed by atoms with van der Waals surface area (Å²) in [5.41, 5.74) is 1.48. The first-order chi connectivity index (χ1) is 12.2. The summed E-state index contributed by atoms with van der Waals surface area (Å²) >= 11 is 0. The lowest BCUT2D eigenvalue weighted by Crippen LogP contribution is -2.37. The topological polar surface area (TPSA) is 69.5 Å². The molecule has 0 saturated heterocycles. The molecule has 132 valence electrons. The van der Waals surface area contributed by atoms with Gasteiger partial charge in [0, 0.05) is 25.5 Å². The van der Waals surface area contributed by atoms with Gasteiger partial charge in [-0.25, -0.2) is 4.98 Å². The molecule has 7 heteroatoms. The molecule has 1 aliphatic heterocycles. The fourth-order valence-corrected chi connectivity index (χ4v) is 3.12. The van der Waals surface area contributed by atoms with Crippen LogP contribution < -0.4 is 4.74 Å². The van der Waals surface area contributed by atoms with Crippen molar-refractivity contribution in [3.8, 4) is 5.88 Å². The average molecular weight is 342 g/mol. The molecular formula is C18H22N4O3. The van der Waals surface area contributed by atoms with E-state index in [1.807, 2.05) is 10.7 Å².